The zero-order valence-electron chi connectivity index (χ0n) is 45.4. The van der Waals surface area contributed by atoms with Gasteiger partial charge < -0.3 is 62.1 Å². The van der Waals surface area contributed by atoms with E-state index < -0.39 is 78.5 Å². The van der Waals surface area contributed by atoms with Crippen LogP contribution in [0, 0.1) is 32.1 Å². The van der Waals surface area contributed by atoms with Gasteiger partial charge in [0.1, 0.15) is 17.2 Å². The Balaban J connectivity index is -0.000000376. The van der Waals surface area contributed by atoms with Crippen LogP contribution in [0.15, 0.2) is 18.2 Å². The summed E-state index contributed by atoms with van der Waals surface area (Å²) in [5, 5.41) is 30.7. The first-order valence-electron chi connectivity index (χ1n) is 22.9. The van der Waals surface area contributed by atoms with Crippen LogP contribution in [0.3, 0.4) is 0 Å². The van der Waals surface area contributed by atoms with E-state index in [0.717, 1.165) is 46.0 Å². The van der Waals surface area contributed by atoms with Gasteiger partial charge in [0.2, 0.25) is 0 Å². The smallest absolute Gasteiger partial charge is 0.748 e. The molecule has 6 atom stereocenters. The number of carbonyl (C=O) groups excluding carboxylic acids is 1. The molecule has 3 aromatic carbocycles. The second-order valence-corrected chi connectivity index (χ2v) is 31.4. The van der Waals surface area contributed by atoms with Crippen LogP contribution in [0.25, 0.3) is 0 Å². The van der Waals surface area contributed by atoms with Crippen molar-refractivity contribution < 1.29 is 182 Å². The van der Waals surface area contributed by atoms with E-state index in [0.29, 0.717) is 58.5 Å². The predicted molar refractivity (Wildman–Crippen MR) is 374 cm³/mol. The van der Waals surface area contributed by atoms with Crippen molar-refractivity contribution in [3.8, 4) is 17.2 Å². The van der Waals surface area contributed by atoms with Gasteiger partial charge in [-0.2, -0.15) is 0 Å². The van der Waals surface area contributed by atoms with Crippen LogP contribution in [0.4, 0.5) is 0 Å². The van der Waals surface area contributed by atoms with Crippen molar-refractivity contribution in [1.82, 2.24) is 0 Å². The minimum atomic E-state index is -4.31. The Morgan fingerprint density at radius 3 is 1.33 bits per heavy atom. The summed E-state index contributed by atoms with van der Waals surface area (Å²) in [6.07, 6.45) is 0.0754. The Bertz CT molecular complexity index is 2750. The number of hydrogen-bond acceptors (Lipinski definition) is 20. The standard InChI is InChI=1S/C23H35I3O9S.C12H15I3O6S.C10H9I3O5S.2CH4.3Na/c1-3-13(27)8-15(29)10-17-11-16(9-14(28)4-2)34-23(35-17)20-18(24)12-19(25)22(21(20)26)33-6-5-7-36(30,31)32;1-19-12(20-2)9-7(13)6-8(14)11(10(9)15)21-4-3-5-22(16,17)18;11-7-4-8(12)10(9(13)6(7)5-14)18-2-1-3-19(15,16)17;;;;;/h12-17,23,27-29H,3-11H2,1-2H3,(H,30,31,32);6,12H,3-5H2,1-2H3,(H,16,17,18);4-5H,1-3H2,(H,15,16,17);2*1H4;;;/q;;;;;3*+1/p-2. The quantitative estimate of drug-likeness (QED) is 0.0234. The van der Waals surface area contributed by atoms with Crippen LogP contribution >= 0.6 is 203 Å². The minimum absolute atomic E-state index is 0. The topological polar surface area (TPSA) is 314 Å². The van der Waals surface area contributed by atoms with Crippen molar-refractivity contribution in [2.45, 2.75) is 130 Å². The second-order valence-electron chi connectivity index (χ2n) is 16.6. The molecule has 0 aromatic heterocycles. The number of methoxy groups -OCH3 is 2. The fourth-order valence-electron chi connectivity index (χ4n) is 6.83. The van der Waals surface area contributed by atoms with Crippen molar-refractivity contribution >= 4 is 240 Å². The molecule has 3 aromatic rings. The van der Waals surface area contributed by atoms with Gasteiger partial charge in [-0.15, -0.1) is 0 Å². The maximum Gasteiger partial charge on any atom is 1.00 e. The van der Waals surface area contributed by atoms with Crippen LogP contribution < -0.4 is 103 Å². The van der Waals surface area contributed by atoms with E-state index in [2.05, 4.69) is 181 Å². The molecular formula is C47H65I9Na3O20S3+. The Morgan fingerprint density at radius 2 is 0.951 bits per heavy atom. The largest absolute Gasteiger partial charge is 1.00 e. The molecule has 20 nitrogen and oxygen atoms in total. The average Bonchev–Trinajstić information content (AvgIpc) is 3.31. The van der Waals surface area contributed by atoms with Gasteiger partial charge in [-0.25, -0.2) is 25.3 Å². The molecule has 0 aliphatic carbocycles. The molecule has 456 valence electrons. The maximum absolute atomic E-state index is 11.0. The van der Waals surface area contributed by atoms with Crippen molar-refractivity contribution in [1.29, 1.82) is 0 Å². The molecule has 82 heavy (non-hydrogen) atoms. The summed E-state index contributed by atoms with van der Waals surface area (Å²) in [7, 11) is -9.62. The molecule has 6 unspecified atom stereocenters. The molecule has 1 saturated heterocycles. The Hall–Kier alpha value is 5.75. The number of rotatable bonds is 28. The molecule has 1 aliphatic rings. The molecule has 0 radical (unpaired) electrons. The van der Waals surface area contributed by atoms with Crippen LogP contribution in [0.2, 0.25) is 0 Å². The van der Waals surface area contributed by atoms with Gasteiger partial charge in [-0.3, -0.25) is 4.79 Å². The molecule has 0 bridgehead atoms. The molecule has 0 amide bonds. The number of halogens is 9. The SMILES string of the molecule is C.C.CCC(O)CC(O)CC1CC(CC(O)CC)OC(c2c(I)cc(I)c(OCCCS(=O)(=O)[O-])c2I)O1.COC(OC)c1c(I)cc(I)c(OCCCS(=O)(=O)[O-])c1I.O=Cc1c(I)cc(I)c(OCCCS(=O)(=O)[O-])c1I.[H+].[Na+].[Na+].[Na+]. The summed E-state index contributed by atoms with van der Waals surface area (Å²) >= 11 is 19.2. The molecule has 1 fully saturated rings. The van der Waals surface area contributed by atoms with Crippen LogP contribution in [-0.4, -0.2) is 142 Å². The van der Waals surface area contributed by atoms with Crippen LogP contribution in [0.1, 0.15) is 122 Å². The third-order valence-electron chi connectivity index (χ3n) is 10.6. The van der Waals surface area contributed by atoms with Gasteiger partial charge in [-0.05, 0) is 273 Å². The van der Waals surface area contributed by atoms with Gasteiger partial charge in [0.05, 0.1) is 102 Å². The monoisotopic (exact) mass is 2260 g/mol. The molecule has 1 heterocycles. The number of aliphatic hydroxyl groups excluding tert-OH is 3. The number of benzene rings is 3. The maximum atomic E-state index is 11.0. The third-order valence-corrected chi connectivity index (χ3v) is 21.2. The van der Waals surface area contributed by atoms with Gasteiger partial charge in [0, 0.05) is 65.3 Å². The summed E-state index contributed by atoms with van der Waals surface area (Å²) in [5.41, 5.74) is 2.16. The molecule has 35 heteroatoms. The average molecular weight is 2260 g/mol. The zero-order valence-corrected chi connectivity index (χ0v) is 72.2. The minimum Gasteiger partial charge on any atom is -0.748 e. The summed E-state index contributed by atoms with van der Waals surface area (Å²) in [5.74, 6) is 0.359. The Labute approximate surface area is 674 Å². The van der Waals surface area contributed by atoms with E-state index in [-0.39, 0.29) is 163 Å². The van der Waals surface area contributed by atoms with E-state index in [1.807, 2.05) is 54.6 Å². The summed E-state index contributed by atoms with van der Waals surface area (Å²) < 4.78 is 144. The number of aldehydes is 1. The van der Waals surface area contributed by atoms with Crippen molar-refractivity contribution in [3.63, 3.8) is 0 Å². The van der Waals surface area contributed by atoms with Gasteiger partial charge in [0.15, 0.2) is 18.9 Å². The van der Waals surface area contributed by atoms with E-state index in [9.17, 15) is 59.0 Å². The van der Waals surface area contributed by atoms with Gasteiger partial charge >= 0.3 is 90.1 Å². The first-order chi connectivity index (χ1) is 35.8. The first-order valence-corrected chi connectivity index (χ1v) is 37.3. The molecule has 1 aliphatic heterocycles. The Morgan fingerprint density at radius 1 is 0.585 bits per heavy atom. The number of hydrogen-bond donors (Lipinski definition) is 3. The predicted octanol–water partition coefficient (Wildman–Crippen LogP) is 2.19. The summed E-state index contributed by atoms with van der Waals surface area (Å²) in [6.45, 7) is 4.10. The normalized spacial score (nSPS) is 16.1. The second kappa shape index (κ2) is 47.6. The molecule has 0 saturated carbocycles. The van der Waals surface area contributed by atoms with E-state index in [1.54, 1.807) is 14.2 Å². The fourth-order valence-corrected chi connectivity index (χ4v) is 20.6. The van der Waals surface area contributed by atoms with E-state index in [1.165, 1.54) is 0 Å². The number of carbonyl (C=O) groups is 1. The molecule has 4 rings (SSSR count). The summed E-state index contributed by atoms with van der Waals surface area (Å²) in [4.78, 5) is 11.0. The fraction of sp³-hybridized carbons (Fsp3) is 0.596. The van der Waals surface area contributed by atoms with Crippen LogP contribution in [-0.2, 0) is 49.3 Å². The van der Waals surface area contributed by atoms with Gasteiger partial charge in [0.25, 0.3) is 0 Å². The first kappa shape index (κ1) is 94.1. The van der Waals surface area contributed by atoms with Crippen molar-refractivity contribution in [2.24, 2.45) is 0 Å². The Kier molecular flexibility index (Phi) is 54.7. The molecule has 3 N–H and O–H groups in total. The number of aliphatic hydroxyl groups is 3. The van der Waals surface area contributed by atoms with Crippen LogP contribution in [0.5, 0.6) is 17.2 Å². The molecular weight excluding hydrogens is 2190 g/mol. The number of ether oxygens (including phenoxy) is 7. The third kappa shape index (κ3) is 35.5. The summed E-state index contributed by atoms with van der Waals surface area (Å²) in [6, 6.07) is 5.66. The van der Waals surface area contributed by atoms with E-state index >= 15 is 0 Å². The van der Waals surface area contributed by atoms with Gasteiger partial charge in [-0.1, -0.05) is 28.7 Å². The van der Waals surface area contributed by atoms with E-state index in [4.69, 9.17) is 33.2 Å². The molecule has 0 spiro atoms. The van der Waals surface area contributed by atoms with Crippen molar-refractivity contribution in [3.05, 3.63) is 67.0 Å². The van der Waals surface area contributed by atoms with Crippen molar-refractivity contribution in [2.75, 3.05) is 51.3 Å². The zero-order chi connectivity index (χ0) is 58.6.